The lowest BCUT2D eigenvalue weighted by molar-refractivity contribution is -0.114. The maximum atomic E-state index is 12.1. The highest BCUT2D eigenvalue weighted by Gasteiger charge is 2.29. The molecule has 2 aromatic heterocycles. The van der Waals surface area contributed by atoms with Crippen LogP contribution in [0.15, 0.2) is 42.7 Å². The maximum Gasteiger partial charge on any atom is 0.252 e. The van der Waals surface area contributed by atoms with Crippen molar-refractivity contribution < 1.29 is 14.7 Å². The molecule has 1 fully saturated rings. The zero-order valence-corrected chi connectivity index (χ0v) is 17.7. The summed E-state index contributed by atoms with van der Waals surface area (Å²) in [5.74, 6) is -0.680. The fraction of sp³-hybridized carbons (Fsp3) is 0.348. The summed E-state index contributed by atoms with van der Waals surface area (Å²) in [6.07, 6.45) is 6.34. The largest absolute Gasteiger partial charge is 0.390 e. The minimum Gasteiger partial charge on any atom is -0.390 e. The van der Waals surface area contributed by atoms with Crippen LogP contribution >= 0.6 is 0 Å². The molecule has 1 saturated carbocycles. The van der Waals surface area contributed by atoms with Gasteiger partial charge in [0.25, 0.3) is 5.91 Å². The van der Waals surface area contributed by atoms with Crippen LogP contribution < -0.4 is 16.4 Å². The summed E-state index contributed by atoms with van der Waals surface area (Å²) >= 11 is 0. The Bertz CT molecular complexity index is 1140. The minimum atomic E-state index is -0.639. The number of hydrogen-bond acceptors (Lipinski definition) is 5. The van der Waals surface area contributed by atoms with Gasteiger partial charge < -0.3 is 21.5 Å². The Labute approximate surface area is 180 Å². The number of anilines is 2. The molecule has 8 heteroatoms. The van der Waals surface area contributed by atoms with E-state index in [2.05, 4.69) is 15.7 Å². The van der Waals surface area contributed by atoms with Crippen LogP contribution in [0.3, 0.4) is 0 Å². The van der Waals surface area contributed by atoms with Crippen molar-refractivity contribution in [3.63, 3.8) is 0 Å². The van der Waals surface area contributed by atoms with E-state index in [4.69, 9.17) is 5.73 Å². The van der Waals surface area contributed by atoms with Crippen molar-refractivity contribution in [2.45, 2.75) is 51.2 Å². The van der Waals surface area contributed by atoms with Gasteiger partial charge in [-0.25, -0.2) is 4.52 Å². The van der Waals surface area contributed by atoms with E-state index in [9.17, 15) is 14.7 Å². The van der Waals surface area contributed by atoms with Gasteiger partial charge in [-0.05, 0) is 56.4 Å². The number of primary amides is 1. The number of aromatic nitrogens is 2. The Kier molecular flexibility index (Phi) is 5.41. The first-order chi connectivity index (χ1) is 14.7. The van der Waals surface area contributed by atoms with E-state index in [0.717, 1.165) is 29.5 Å². The lowest BCUT2D eigenvalue weighted by Gasteiger charge is -2.34. The second-order valence-electron chi connectivity index (χ2n) is 8.53. The molecule has 2 amide bonds. The van der Waals surface area contributed by atoms with Gasteiger partial charge in [-0.3, -0.25) is 9.59 Å². The van der Waals surface area contributed by atoms with E-state index in [1.807, 2.05) is 43.5 Å². The topological polar surface area (TPSA) is 122 Å². The number of carbonyl (C=O) groups excluding carboxylic acids is 2. The summed E-state index contributed by atoms with van der Waals surface area (Å²) in [5, 5.41) is 20.9. The smallest absolute Gasteiger partial charge is 0.252 e. The van der Waals surface area contributed by atoms with Gasteiger partial charge in [0, 0.05) is 30.4 Å². The van der Waals surface area contributed by atoms with Crippen LogP contribution in [0.5, 0.6) is 0 Å². The van der Waals surface area contributed by atoms with Crippen LogP contribution in [-0.4, -0.2) is 38.2 Å². The lowest BCUT2D eigenvalue weighted by atomic mass is 9.83. The van der Waals surface area contributed by atoms with Crippen LogP contribution in [0.25, 0.3) is 16.6 Å². The van der Waals surface area contributed by atoms with E-state index in [-0.39, 0.29) is 11.9 Å². The molecule has 4 rings (SSSR count). The normalized spacial score (nSPS) is 21.1. The van der Waals surface area contributed by atoms with Gasteiger partial charge in [0.05, 0.1) is 28.6 Å². The number of aliphatic hydroxyl groups is 1. The van der Waals surface area contributed by atoms with Gasteiger partial charge in [0.2, 0.25) is 5.91 Å². The van der Waals surface area contributed by atoms with E-state index in [1.165, 1.54) is 13.1 Å². The molecule has 0 radical (unpaired) electrons. The first kappa shape index (κ1) is 20.9. The van der Waals surface area contributed by atoms with E-state index < -0.39 is 11.5 Å². The Morgan fingerprint density at radius 1 is 1.23 bits per heavy atom. The van der Waals surface area contributed by atoms with E-state index in [0.29, 0.717) is 29.8 Å². The van der Waals surface area contributed by atoms with E-state index in [1.54, 1.807) is 4.52 Å². The third kappa shape index (κ3) is 4.54. The van der Waals surface area contributed by atoms with Gasteiger partial charge in [0.15, 0.2) is 0 Å². The standard InChI is InChI=1S/C23H27N5O3/c1-14(29)26-18-5-3-4-15(10-18)16-11-20-21(19(22(24)30)12-25-28(20)13-16)27-17-6-8-23(2,31)9-7-17/h3-5,10-13,17,27,31H,6-9H2,1-2H3,(H2,24,30)(H,26,29)/t17-,23+. The highest BCUT2D eigenvalue weighted by atomic mass is 16.3. The Morgan fingerprint density at radius 3 is 2.65 bits per heavy atom. The number of carbonyl (C=O) groups is 2. The summed E-state index contributed by atoms with van der Waals surface area (Å²) in [6.45, 7) is 3.33. The molecule has 0 aliphatic heterocycles. The number of nitrogens with zero attached hydrogens (tertiary/aromatic N) is 2. The molecule has 2 heterocycles. The Hall–Kier alpha value is -3.39. The highest BCUT2D eigenvalue weighted by molar-refractivity contribution is 6.02. The molecule has 0 unspecified atom stereocenters. The van der Waals surface area contributed by atoms with Crippen molar-refractivity contribution in [3.8, 4) is 11.1 Å². The second kappa shape index (κ2) is 8.03. The predicted octanol–water partition coefficient (Wildman–Crippen LogP) is 3.16. The molecule has 0 bridgehead atoms. The summed E-state index contributed by atoms with van der Waals surface area (Å²) < 4.78 is 1.72. The van der Waals surface area contributed by atoms with Crippen LogP contribution in [0.2, 0.25) is 0 Å². The molecule has 1 aliphatic rings. The molecule has 162 valence electrons. The quantitative estimate of drug-likeness (QED) is 0.504. The first-order valence-corrected chi connectivity index (χ1v) is 10.4. The van der Waals surface area contributed by atoms with E-state index >= 15 is 0 Å². The molecule has 5 N–H and O–H groups in total. The SMILES string of the molecule is CC(=O)Nc1cccc(-c2cc3c(N[C@H]4CC[C@@](C)(O)CC4)c(C(N)=O)cnn3c2)c1. The number of fused-ring (bicyclic) bond motifs is 1. The number of rotatable bonds is 5. The van der Waals surface area contributed by atoms with Crippen molar-refractivity contribution in [2.24, 2.45) is 5.73 Å². The van der Waals surface area contributed by atoms with Crippen molar-refractivity contribution in [1.29, 1.82) is 0 Å². The molecule has 0 atom stereocenters. The van der Waals surface area contributed by atoms with Crippen molar-refractivity contribution in [2.75, 3.05) is 10.6 Å². The monoisotopic (exact) mass is 421 g/mol. The third-order valence-electron chi connectivity index (χ3n) is 5.83. The number of nitrogens with two attached hydrogens (primary N) is 1. The number of amides is 2. The fourth-order valence-electron chi connectivity index (χ4n) is 4.12. The molecule has 1 aliphatic carbocycles. The Balaban J connectivity index is 1.71. The van der Waals surface area contributed by atoms with Crippen molar-refractivity contribution in [1.82, 2.24) is 9.61 Å². The molecule has 1 aromatic carbocycles. The first-order valence-electron chi connectivity index (χ1n) is 10.4. The lowest BCUT2D eigenvalue weighted by Crippen LogP contribution is -2.36. The number of hydrogen-bond donors (Lipinski definition) is 4. The minimum absolute atomic E-state index is 0.131. The molecule has 31 heavy (non-hydrogen) atoms. The summed E-state index contributed by atoms with van der Waals surface area (Å²) in [4.78, 5) is 23.5. The van der Waals surface area contributed by atoms with Gasteiger partial charge in [-0.2, -0.15) is 5.10 Å². The molecule has 8 nitrogen and oxygen atoms in total. The Morgan fingerprint density at radius 2 is 1.97 bits per heavy atom. The molecular formula is C23H27N5O3. The third-order valence-corrected chi connectivity index (χ3v) is 5.83. The fourth-order valence-corrected chi connectivity index (χ4v) is 4.12. The van der Waals surface area contributed by atoms with Gasteiger partial charge in [0.1, 0.15) is 0 Å². The average Bonchev–Trinajstić information content (AvgIpc) is 3.14. The van der Waals surface area contributed by atoms with Gasteiger partial charge in [-0.15, -0.1) is 0 Å². The maximum absolute atomic E-state index is 12.1. The van der Waals surface area contributed by atoms with Gasteiger partial charge >= 0.3 is 0 Å². The molecule has 0 saturated heterocycles. The zero-order valence-electron chi connectivity index (χ0n) is 17.7. The second-order valence-corrected chi connectivity index (χ2v) is 8.53. The van der Waals surface area contributed by atoms with Crippen molar-refractivity contribution in [3.05, 3.63) is 48.3 Å². The van der Waals surface area contributed by atoms with Crippen LogP contribution in [0, 0.1) is 0 Å². The molecule has 0 spiro atoms. The van der Waals surface area contributed by atoms with Crippen molar-refractivity contribution >= 4 is 28.7 Å². The summed E-state index contributed by atoms with van der Waals surface area (Å²) in [7, 11) is 0. The predicted molar refractivity (Wildman–Crippen MR) is 120 cm³/mol. The number of nitrogens with one attached hydrogen (secondary N) is 2. The summed E-state index contributed by atoms with van der Waals surface area (Å²) in [5.41, 5.74) is 9.24. The van der Waals surface area contributed by atoms with Gasteiger partial charge in [-0.1, -0.05) is 12.1 Å². The average molecular weight is 422 g/mol. The number of benzene rings is 1. The van der Waals surface area contributed by atoms with Crippen LogP contribution in [0.4, 0.5) is 11.4 Å². The zero-order chi connectivity index (χ0) is 22.2. The van der Waals surface area contributed by atoms with Crippen LogP contribution in [0.1, 0.15) is 49.9 Å². The molecule has 3 aromatic rings. The van der Waals surface area contributed by atoms with Crippen LogP contribution in [-0.2, 0) is 4.79 Å². The molecular weight excluding hydrogens is 394 g/mol. The highest BCUT2D eigenvalue weighted by Crippen LogP contribution is 2.33. The summed E-state index contributed by atoms with van der Waals surface area (Å²) in [6, 6.07) is 9.62.